The second-order valence-corrected chi connectivity index (χ2v) is 13.8. The Labute approximate surface area is 305 Å². The van der Waals surface area contributed by atoms with Crippen LogP contribution in [0.2, 0.25) is 0 Å². The van der Waals surface area contributed by atoms with E-state index in [1.807, 2.05) is 0 Å². The number of nitro groups is 1. The molecule has 13 heteroatoms. The van der Waals surface area contributed by atoms with Crippen LogP contribution in [0.5, 0.6) is 11.5 Å². The minimum absolute atomic E-state index is 0.00555. The van der Waals surface area contributed by atoms with Crippen LogP contribution in [0, 0.1) is 33.8 Å². The molecular weight excluding hydrogens is 705 g/mol. The zero-order valence-electron chi connectivity index (χ0n) is 28.1. The maximum atomic E-state index is 15.1. The number of imide groups is 1. The van der Waals surface area contributed by atoms with Crippen LogP contribution in [0.4, 0.5) is 24.5 Å². The summed E-state index contributed by atoms with van der Waals surface area (Å²) in [7, 11) is 0. The number of ether oxygens (including phenoxy) is 1. The number of phenolic OH excluding ortho intramolecular Hbond substituents is 1. The normalized spacial score (nSPS) is 26.4. The molecule has 3 aliphatic carbocycles. The summed E-state index contributed by atoms with van der Waals surface area (Å²) in [5, 5.41) is 23.1. The largest absolute Gasteiger partial charge is 0.573 e. The van der Waals surface area contributed by atoms with Crippen LogP contribution < -0.4 is 9.64 Å². The van der Waals surface area contributed by atoms with E-state index in [-0.39, 0.29) is 35.4 Å². The molecule has 0 spiro atoms. The molecule has 0 aromatic heterocycles. The van der Waals surface area contributed by atoms with Gasteiger partial charge in [0.2, 0.25) is 11.8 Å². The van der Waals surface area contributed by atoms with Gasteiger partial charge in [-0.05, 0) is 60.2 Å². The van der Waals surface area contributed by atoms with Gasteiger partial charge in [0.1, 0.15) is 11.5 Å². The predicted molar refractivity (Wildman–Crippen MR) is 187 cm³/mol. The van der Waals surface area contributed by atoms with E-state index in [1.54, 1.807) is 66.7 Å². The molecule has 4 aliphatic rings. The highest BCUT2D eigenvalue weighted by atomic mass is 19.4. The lowest BCUT2D eigenvalue weighted by atomic mass is 9.44. The minimum Gasteiger partial charge on any atom is -0.508 e. The zero-order valence-corrected chi connectivity index (χ0v) is 28.1. The Hall–Kier alpha value is -6.37. The molecule has 1 heterocycles. The van der Waals surface area contributed by atoms with Crippen molar-refractivity contribution < 1.29 is 47.1 Å². The Morgan fingerprint density at radius 1 is 0.852 bits per heavy atom. The predicted octanol–water partition coefficient (Wildman–Crippen LogP) is 7.23. The average Bonchev–Trinajstić information content (AvgIpc) is 3.42. The van der Waals surface area contributed by atoms with E-state index in [9.17, 15) is 42.8 Å². The van der Waals surface area contributed by atoms with Crippen LogP contribution in [0.3, 0.4) is 0 Å². The summed E-state index contributed by atoms with van der Waals surface area (Å²) < 4.78 is 45.0. The van der Waals surface area contributed by atoms with Gasteiger partial charge in [-0.2, -0.15) is 0 Å². The van der Waals surface area contributed by atoms with Crippen LogP contribution in [-0.4, -0.2) is 39.8 Å². The molecule has 54 heavy (non-hydrogen) atoms. The topological polar surface area (TPSA) is 144 Å². The number of hydrogen-bond donors (Lipinski definition) is 1. The molecule has 0 radical (unpaired) electrons. The van der Waals surface area contributed by atoms with E-state index < -0.39 is 81.2 Å². The number of non-ortho nitro benzene ring substituents is 1. The molecule has 2 fully saturated rings. The highest BCUT2D eigenvalue weighted by molar-refractivity contribution is 6.32. The first-order chi connectivity index (χ1) is 25.8. The highest BCUT2D eigenvalue weighted by Crippen LogP contribution is 2.64. The van der Waals surface area contributed by atoms with E-state index >= 15 is 4.79 Å². The first kappa shape index (κ1) is 34.7. The van der Waals surface area contributed by atoms with Crippen LogP contribution in [-0.2, 0) is 24.6 Å². The van der Waals surface area contributed by atoms with E-state index in [2.05, 4.69) is 4.74 Å². The summed E-state index contributed by atoms with van der Waals surface area (Å²) in [5.41, 5.74) is -0.946. The fraction of sp³-hybridized carbons (Fsp3) is 0.220. The molecule has 1 saturated heterocycles. The van der Waals surface area contributed by atoms with Crippen molar-refractivity contribution in [2.45, 2.75) is 30.5 Å². The lowest BCUT2D eigenvalue weighted by molar-refractivity contribution is -0.384. The number of carbonyl (C=O) groups is 4. The van der Waals surface area contributed by atoms with Crippen molar-refractivity contribution in [1.29, 1.82) is 0 Å². The first-order valence-corrected chi connectivity index (χ1v) is 17.1. The number of fused-ring (bicyclic) bond motifs is 4. The lowest BCUT2D eigenvalue weighted by Gasteiger charge is -2.55. The number of Topliss-reactive ketones (excluding diaryl/α,β-unsaturated/α-hetero) is 1. The molecule has 4 aromatic rings. The molecule has 1 saturated carbocycles. The number of alkyl halides is 3. The molecule has 0 bridgehead atoms. The third-order valence-corrected chi connectivity index (χ3v) is 11.2. The first-order valence-electron chi connectivity index (χ1n) is 17.1. The Morgan fingerprint density at radius 3 is 2.24 bits per heavy atom. The van der Waals surface area contributed by atoms with Crippen molar-refractivity contribution in [3.63, 3.8) is 0 Å². The summed E-state index contributed by atoms with van der Waals surface area (Å²) in [5.74, 6) is -8.88. The number of benzene rings is 4. The smallest absolute Gasteiger partial charge is 0.508 e. The van der Waals surface area contributed by atoms with Gasteiger partial charge < -0.3 is 9.84 Å². The van der Waals surface area contributed by atoms with Gasteiger partial charge >= 0.3 is 6.36 Å². The van der Waals surface area contributed by atoms with Crippen molar-refractivity contribution in [1.82, 2.24) is 0 Å². The number of aromatic hydroxyl groups is 1. The van der Waals surface area contributed by atoms with Gasteiger partial charge in [-0.3, -0.25) is 29.3 Å². The van der Waals surface area contributed by atoms with Crippen LogP contribution in [0.1, 0.15) is 35.4 Å². The molecule has 6 atom stereocenters. The third kappa shape index (κ3) is 5.33. The number of nitrogens with zero attached hydrogens (tertiary/aromatic N) is 2. The number of allylic oxidation sites excluding steroid dienone is 4. The molecule has 272 valence electrons. The number of ketones is 2. The number of carbonyl (C=O) groups excluding carboxylic acids is 4. The summed E-state index contributed by atoms with van der Waals surface area (Å²) in [6.07, 6.45) is -2.29. The minimum atomic E-state index is -5.10. The maximum Gasteiger partial charge on any atom is 0.573 e. The SMILES string of the molecule is O=C1C(c2ccccc2)=CC(=O)[C@@]2(c3ccccc3)[C@@H](c3cc(OC(F)(F)F)ccc3O)C3=CC[C@@H]4C(=O)N(c5cccc([N+](=O)[O-])c5)C(=O)[C@@H]4[C@@H]3C[C@@H]12. The van der Waals surface area contributed by atoms with Crippen molar-refractivity contribution >= 4 is 40.3 Å². The van der Waals surface area contributed by atoms with Crippen LogP contribution >= 0.6 is 0 Å². The summed E-state index contributed by atoms with van der Waals surface area (Å²) in [4.78, 5) is 70.5. The second kappa shape index (κ2) is 12.6. The van der Waals surface area contributed by atoms with Gasteiger partial charge in [-0.15, -0.1) is 13.2 Å². The Morgan fingerprint density at radius 2 is 1.56 bits per heavy atom. The zero-order chi connectivity index (χ0) is 38.1. The standard InChI is InChI=1S/C41H29F3N2O8/c42-41(43,44)54-26-14-17-33(47)31(19-26)36-27-15-16-28-35(39(51)45(38(28)50)24-12-7-13-25(18-24)46(52)53)30(27)20-32-37(49)29(22-8-3-1-4-9-22)21-34(48)40(32,36)23-10-5-2-6-11-23/h1-15,17-19,21,28,30,32,35-36,47H,16,20H2/t28-,30+,32-,35-,36+,40-/m0/s1. The molecule has 8 rings (SSSR count). The number of anilines is 1. The van der Waals surface area contributed by atoms with Crippen molar-refractivity contribution in [3.05, 3.63) is 148 Å². The fourth-order valence-electron chi connectivity index (χ4n) is 9.18. The summed E-state index contributed by atoms with van der Waals surface area (Å²) >= 11 is 0. The number of rotatable bonds is 6. The van der Waals surface area contributed by atoms with Gasteiger partial charge in [-0.1, -0.05) is 78.4 Å². The van der Waals surface area contributed by atoms with Gasteiger partial charge in [-0.25, -0.2) is 4.90 Å². The molecular formula is C41H29F3N2O8. The lowest BCUT2D eigenvalue weighted by Crippen LogP contribution is -2.58. The quantitative estimate of drug-likeness (QED) is 0.0946. The molecule has 1 aliphatic heterocycles. The van der Waals surface area contributed by atoms with Gasteiger partial charge in [0, 0.05) is 35.1 Å². The molecule has 10 nitrogen and oxygen atoms in total. The fourth-order valence-corrected chi connectivity index (χ4v) is 9.18. The van der Waals surface area contributed by atoms with Crippen LogP contribution in [0.25, 0.3) is 5.57 Å². The van der Waals surface area contributed by atoms with Crippen molar-refractivity contribution in [3.8, 4) is 11.5 Å². The number of amides is 2. The molecule has 1 N–H and O–H groups in total. The van der Waals surface area contributed by atoms with E-state index in [1.165, 1.54) is 24.3 Å². The monoisotopic (exact) mass is 734 g/mol. The Balaban J connectivity index is 1.36. The van der Waals surface area contributed by atoms with Gasteiger partial charge in [0.15, 0.2) is 11.6 Å². The van der Waals surface area contributed by atoms with Crippen molar-refractivity contribution in [2.24, 2.45) is 23.7 Å². The molecule has 4 aromatic carbocycles. The highest BCUT2D eigenvalue weighted by Gasteiger charge is 2.66. The number of halogens is 3. The molecule has 2 amide bonds. The summed E-state index contributed by atoms with van der Waals surface area (Å²) in [6, 6.07) is 24.9. The van der Waals surface area contributed by atoms with E-state index in [0.717, 1.165) is 29.2 Å². The Bertz CT molecular complexity index is 2320. The average molecular weight is 735 g/mol. The number of nitro benzene ring substituents is 1. The van der Waals surface area contributed by atoms with E-state index in [4.69, 9.17) is 0 Å². The number of phenols is 1. The second-order valence-electron chi connectivity index (χ2n) is 13.8. The Kier molecular flexibility index (Phi) is 8.12. The molecule has 0 unspecified atom stereocenters. The van der Waals surface area contributed by atoms with Gasteiger partial charge in [0.25, 0.3) is 5.69 Å². The number of hydrogen-bond acceptors (Lipinski definition) is 8. The van der Waals surface area contributed by atoms with E-state index in [0.29, 0.717) is 16.7 Å². The summed E-state index contributed by atoms with van der Waals surface area (Å²) in [6.45, 7) is 0. The van der Waals surface area contributed by atoms with Crippen LogP contribution in [0.15, 0.2) is 121 Å². The van der Waals surface area contributed by atoms with Crippen molar-refractivity contribution in [2.75, 3.05) is 4.90 Å². The third-order valence-electron chi connectivity index (χ3n) is 11.2. The maximum absolute atomic E-state index is 15.1. The van der Waals surface area contributed by atoms with Gasteiger partial charge in [0.05, 0.1) is 27.9 Å².